The van der Waals surface area contributed by atoms with E-state index < -0.39 is 0 Å². The minimum Gasteiger partial charge on any atom is -0.383 e. The molecular formula is C14H22N2OS. The maximum absolute atomic E-state index is 5.23. The first kappa shape index (κ1) is 14.9. The van der Waals surface area contributed by atoms with Crippen LogP contribution in [0.1, 0.15) is 25.8 Å². The van der Waals surface area contributed by atoms with E-state index in [0.29, 0.717) is 11.7 Å². The number of aryl methyl sites for hydroxylation is 1. The van der Waals surface area contributed by atoms with Crippen LogP contribution in [0.15, 0.2) is 24.3 Å². The second kappa shape index (κ2) is 8.06. The molecule has 0 aliphatic rings. The van der Waals surface area contributed by atoms with Crippen molar-refractivity contribution >= 4 is 23.0 Å². The van der Waals surface area contributed by atoms with Crippen LogP contribution in [0.25, 0.3) is 0 Å². The Morgan fingerprint density at radius 2 is 2.00 bits per heavy atom. The zero-order chi connectivity index (χ0) is 13.4. The van der Waals surface area contributed by atoms with Crippen LogP contribution < -0.4 is 10.6 Å². The fourth-order valence-corrected chi connectivity index (χ4v) is 2.05. The highest BCUT2D eigenvalue weighted by molar-refractivity contribution is 7.80. The van der Waals surface area contributed by atoms with E-state index in [9.17, 15) is 0 Å². The number of rotatable bonds is 6. The standard InChI is InChI=1S/C14H22N2OS/c1-4-5-12-6-8-13(9-7-12)16-14(18)15-11(2)10-17-3/h6-9,11H,4-5,10H2,1-3H3,(H2,15,16,18). The van der Waals surface area contributed by atoms with Crippen molar-refractivity contribution in [1.82, 2.24) is 5.32 Å². The van der Waals surface area contributed by atoms with Gasteiger partial charge < -0.3 is 15.4 Å². The summed E-state index contributed by atoms with van der Waals surface area (Å²) < 4.78 is 5.05. The molecule has 1 atom stereocenters. The normalized spacial score (nSPS) is 11.9. The van der Waals surface area contributed by atoms with Gasteiger partial charge in [-0.15, -0.1) is 0 Å². The topological polar surface area (TPSA) is 33.3 Å². The summed E-state index contributed by atoms with van der Waals surface area (Å²) in [6.07, 6.45) is 2.29. The van der Waals surface area contributed by atoms with Crippen LogP contribution in [0.5, 0.6) is 0 Å². The molecule has 1 aromatic carbocycles. The summed E-state index contributed by atoms with van der Waals surface area (Å²) in [5, 5.41) is 6.96. The van der Waals surface area contributed by atoms with Crippen molar-refractivity contribution in [3.8, 4) is 0 Å². The highest BCUT2D eigenvalue weighted by atomic mass is 32.1. The summed E-state index contributed by atoms with van der Waals surface area (Å²) in [7, 11) is 1.68. The molecule has 1 aromatic rings. The van der Waals surface area contributed by atoms with E-state index in [0.717, 1.165) is 12.1 Å². The molecule has 4 heteroatoms. The second-order valence-electron chi connectivity index (χ2n) is 4.40. The van der Waals surface area contributed by atoms with Crippen LogP contribution in [-0.2, 0) is 11.2 Å². The molecule has 0 spiro atoms. The number of hydrogen-bond acceptors (Lipinski definition) is 2. The van der Waals surface area contributed by atoms with Gasteiger partial charge in [-0.2, -0.15) is 0 Å². The Morgan fingerprint density at radius 3 is 2.56 bits per heavy atom. The number of benzene rings is 1. The zero-order valence-corrected chi connectivity index (χ0v) is 12.1. The molecule has 0 saturated heterocycles. The van der Waals surface area contributed by atoms with Crippen molar-refractivity contribution in [2.75, 3.05) is 19.0 Å². The van der Waals surface area contributed by atoms with Gasteiger partial charge in [0.1, 0.15) is 0 Å². The first-order valence-electron chi connectivity index (χ1n) is 6.31. The molecule has 1 unspecified atom stereocenters. The Kier molecular flexibility index (Phi) is 6.68. The molecule has 18 heavy (non-hydrogen) atoms. The highest BCUT2D eigenvalue weighted by Gasteiger charge is 2.03. The van der Waals surface area contributed by atoms with Crippen LogP contribution in [0.4, 0.5) is 5.69 Å². The van der Waals surface area contributed by atoms with Crippen LogP contribution >= 0.6 is 12.2 Å². The van der Waals surface area contributed by atoms with Gasteiger partial charge in [0.2, 0.25) is 0 Å². The molecule has 3 nitrogen and oxygen atoms in total. The van der Waals surface area contributed by atoms with E-state index in [2.05, 4.69) is 41.8 Å². The highest BCUT2D eigenvalue weighted by Crippen LogP contribution is 2.10. The number of nitrogens with one attached hydrogen (secondary N) is 2. The van der Waals surface area contributed by atoms with E-state index in [1.165, 1.54) is 12.0 Å². The fraction of sp³-hybridized carbons (Fsp3) is 0.500. The maximum atomic E-state index is 5.23. The van der Waals surface area contributed by atoms with Gasteiger partial charge in [-0.1, -0.05) is 25.5 Å². The van der Waals surface area contributed by atoms with Crippen molar-refractivity contribution in [2.24, 2.45) is 0 Å². The van der Waals surface area contributed by atoms with E-state index in [1.807, 2.05) is 6.92 Å². The molecule has 0 aromatic heterocycles. The average Bonchev–Trinajstić information content (AvgIpc) is 2.32. The number of methoxy groups -OCH3 is 1. The van der Waals surface area contributed by atoms with Crippen LogP contribution in [-0.4, -0.2) is 24.9 Å². The smallest absolute Gasteiger partial charge is 0.171 e. The predicted molar refractivity (Wildman–Crippen MR) is 81.1 cm³/mol. The third kappa shape index (κ3) is 5.47. The van der Waals surface area contributed by atoms with Crippen molar-refractivity contribution in [2.45, 2.75) is 32.7 Å². The van der Waals surface area contributed by atoms with Crippen molar-refractivity contribution in [1.29, 1.82) is 0 Å². The fourth-order valence-electron chi connectivity index (χ4n) is 1.73. The SMILES string of the molecule is CCCc1ccc(NC(=S)NC(C)COC)cc1. The van der Waals surface area contributed by atoms with Crippen LogP contribution in [0, 0.1) is 0 Å². The lowest BCUT2D eigenvalue weighted by Gasteiger charge is -2.16. The van der Waals surface area contributed by atoms with Gasteiger partial charge in [0, 0.05) is 18.8 Å². The largest absolute Gasteiger partial charge is 0.383 e. The van der Waals surface area contributed by atoms with E-state index >= 15 is 0 Å². The molecule has 0 radical (unpaired) electrons. The molecule has 0 aliphatic heterocycles. The average molecular weight is 266 g/mol. The molecule has 1 rings (SSSR count). The minimum absolute atomic E-state index is 0.203. The molecule has 100 valence electrons. The molecule has 2 N–H and O–H groups in total. The number of thiocarbonyl (C=S) groups is 1. The second-order valence-corrected chi connectivity index (χ2v) is 4.81. The van der Waals surface area contributed by atoms with Crippen LogP contribution in [0.2, 0.25) is 0 Å². The number of anilines is 1. The lowest BCUT2D eigenvalue weighted by Crippen LogP contribution is -2.38. The zero-order valence-electron chi connectivity index (χ0n) is 11.3. The summed E-state index contributed by atoms with van der Waals surface area (Å²) in [4.78, 5) is 0. The van der Waals surface area contributed by atoms with Gasteiger partial charge in [0.05, 0.1) is 6.61 Å². The van der Waals surface area contributed by atoms with Gasteiger partial charge in [-0.05, 0) is 43.3 Å². The first-order chi connectivity index (χ1) is 8.65. The van der Waals surface area contributed by atoms with E-state index in [1.54, 1.807) is 7.11 Å². The van der Waals surface area contributed by atoms with E-state index in [-0.39, 0.29) is 6.04 Å². The molecule has 0 amide bonds. The number of ether oxygens (including phenoxy) is 1. The Bertz CT molecular complexity index is 365. The lowest BCUT2D eigenvalue weighted by atomic mass is 10.1. The van der Waals surface area contributed by atoms with Crippen molar-refractivity contribution in [3.05, 3.63) is 29.8 Å². The summed E-state index contributed by atoms with van der Waals surface area (Å²) >= 11 is 5.23. The van der Waals surface area contributed by atoms with Crippen LogP contribution in [0.3, 0.4) is 0 Å². The third-order valence-electron chi connectivity index (χ3n) is 2.54. The van der Waals surface area contributed by atoms with Gasteiger partial charge in [-0.25, -0.2) is 0 Å². The summed E-state index contributed by atoms with van der Waals surface area (Å²) in [6.45, 7) is 4.85. The Labute approximate surface area is 115 Å². The predicted octanol–water partition coefficient (Wildman–Crippen LogP) is 2.96. The van der Waals surface area contributed by atoms with Crippen molar-refractivity contribution < 1.29 is 4.74 Å². The molecule has 0 fully saturated rings. The summed E-state index contributed by atoms with van der Waals surface area (Å²) in [5.41, 5.74) is 2.37. The Hall–Kier alpha value is -1.13. The van der Waals surface area contributed by atoms with Gasteiger partial charge in [-0.3, -0.25) is 0 Å². The number of hydrogen-bond donors (Lipinski definition) is 2. The minimum atomic E-state index is 0.203. The Morgan fingerprint density at radius 1 is 1.33 bits per heavy atom. The monoisotopic (exact) mass is 266 g/mol. The lowest BCUT2D eigenvalue weighted by molar-refractivity contribution is 0.179. The van der Waals surface area contributed by atoms with Gasteiger partial charge in [0.15, 0.2) is 5.11 Å². The van der Waals surface area contributed by atoms with E-state index in [4.69, 9.17) is 17.0 Å². The third-order valence-corrected chi connectivity index (χ3v) is 2.76. The quantitative estimate of drug-likeness (QED) is 0.776. The van der Waals surface area contributed by atoms with Gasteiger partial charge in [0.25, 0.3) is 0 Å². The maximum Gasteiger partial charge on any atom is 0.171 e. The summed E-state index contributed by atoms with van der Waals surface area (Å²) in [5.74, 6) is 0. The molecule has 0 aliphatic carbocycles. The molecule has 0 heterocycles. The summed E-state index contributed by atoms with van der Waals surface area (Å²) in [6, 6.07) is 8.58. The molecular weight excluding hydrogens is 244 g/mol. The van der Waals surface area contributed by atoms with Crippen molar-refractivity contribution in [3.63, 3.8) is 0 Å². The first-order valence-corrected chi connectivity index (χ1v) is 6.72. The Balaban J connectivity index is 2.44. The molecule has 0 bridgehead atoms. The molecule has 0 saturated carbocycles. The van der Waals surface area contributed by atoms with Gasteiger partial charge >= 0.3 is 0 Å².